The van der Waals surface area contributed by atoms with Crippen molar-refractivity contribution >= 4 is 12.2 Å². The molecule has 0 spiro atoms. The molecule has 0 rings (SSSR count). The lowest BCUT2D eigenvalue weighted by atomic mass is 9.81. The quantitative estimate of drug-likeness (QED) is 0.168. The third kappa shape index (κ3) is 8.97. The van der Waals surface area contributed by atoms with E-state index >= 15 is 0 Å². The summed E-state index contributed by atoms with van der Waals surface area (Å²) in [6.07, 6.45) is -20.7. The van der Waals surface area contributed by atoms with Crippen LogP contribution in [0.2, 0.25) is 0 Å². The number of halogens is 18. The van der Waals surface area contributed by atoms with E-state index in [2.05, 4.69) is 0 Å². The van der Waals surface area contributed by atoms with Crippen LogP contribution in [-0.2, 0) is 0 Å². The molecule has 0 aliphatic carbocycles. The van der Waals surface area contributed by atoms with Crippen molar-refractivity contribution in [1.29, 1.82) is 0 Å². The van der Waals surface area contributed by atoms with Crippen LogP contribution in [0.25, 0.3) is 0 Å². The minimum atomic E-state index is -7.32. The summed E-state index contributed by atoms with van der Waals surface area (Å²) >= 11 is 0. The van der Waals surface area contributed by atoms with Gasteiger partial charge in [-0.1, -0.05) is 20.8 Å². The van der Waals surface area contributed by atoms with Crippen molar-refractivity contribution in [3.63, 3.8) is 0 Å². The highest BCUT2D eigenvalue weighted by Gasteiger charge is 2.83. The van der Waals surface area contributed by atoms with Crippen molar-refractivity contribution in [3.05, 3.63) is 0 Å². The van der Waals surface area contributed by atoms with Crippen LogP contribution < -0.4 is 0 Å². The summed E-state index contributed by atoms with van der Waals surface area (Å²) in [7, 11) is 0. The molecular weight excluding hydrogens is 686 g/mol. The Kier molecular flexibility index (Phi) is 12.0. The van der Waals surface area contributed by atoms with Gasteiger partial charge in [-0.3, -0.25) is 0 Å². The average molecular weight is 710 g/mol. The third-order valence-electron chi connectivity index (χ3n) is 6.15. The summed E-state index contributed by atoms with van der Waals surface area (Å²) in [5, 5.41) is 18.1. The van der Waals surface area contributed by atoms with Crippen LogP contribution in [0.3, 0.4) is 0 Å². The van der Waals surface area contributed by atoms with Crippen LogP contribution in [0.15, 0.2) is 0 Å². The van der Waals surface area contributed by atoms with Gasteiger partial charge in [0.2, 0.25) is 0 Å². The number of carbonyl (C=O) groups is 2. The van der Waals surface area contributed by atoms with Gasteiger partial charge in [0.15, 0.2) is 0 Å². The molecule has 0 aromatic heterocycles. The fourth-order valence-electron chi connectivity index (χ4n) is 3.93. The molecule has 24 heteroatoms. The molecule has 0 bridgehead atoms. The zero-order valence-electron chi connectivity index (χ0n) is 22.7. The molecule has 0 heterocycles. The van der Waals surface area contributed by atoms with Crippen molar-refractivity contribution < 1.29 is 98.8 Å². The maximum absolute atomic E-state index is 14.0. The predicted octanol–water partition coefficient (Wildman–Crippen LogP) is 8.33. The number of hydrogen-bond donors (Lipinski definition) is 2. The smallest absolute Gasteiger partial charge is 0.460 e. The molecule has 45 heavy (non-hydrogen) atoms. The second-order valence-corrected chi connectivity index (χ2v) is 10.8. The molecule has 0 radical (unpaired) electrons. The minimum Gasteiger partial charge on any atom is -0.465 e. The van der Waals surface area contributed by atoms with E-state index in [1.165, 1.54) is 0 Å². The Hall–Kier alpha value is -2.72. The van der Waals surface area contributed by atoms with Gasteiger partial charge < -0.3 is 20.0 Å². The number of nitrogens with zero attached hydrogens (tertiary/aromatic N) is 2. The van der Waals surface area contributed by atoms with Crippen LogP contribution >= 0.6 is 0 Å². The summed E-state index contributed by atoms with van der Waals surface area (Å²) in [6.45, 7) is -5.37. The van der Waals surface area contributed by atoms with Gasteiger partial charge in [-0.2, -0.15) is 79.0 Å². The Balaban J connectivity index is 5.78. The highest BCUT2D eigenvalue weighted by Crippen LogP contribution is 2.54. The fourth-order valence-corrected chi connectivity index (χ4v) is 3.93. The topological polar surface area (TPSA) is 81.1 Å². The number of amides is 2. The molecule has 0 aromatic carbocycles. The Morgan fingerprint density at radius 2 is 0.867 bits per heavy atom. The molecule has 0 fully saturated rings. The predicted molar refractivity (Wildman–Crippen MR) is 113 cm³/mol. The summed E-state index contributed by atoms with van der Waals surface area (Å²) in [4.78, 5) is 21.3. The van der Waals surface area contributed by atoms with Crippen molar-refractivity contribution in [2.45, 2.75) is 81.5 Å². The lowest BCUT2D eigenvalue weighted by Crippen LogP contribution is -2.64. The molecule has 0 aliphatic rings. The Bertz CT molecular complexity index is 1040. The monoisotopic (exact) mass is 710 g/mol. The van der Waals surface area contributed by atoms with Crippen molar-refractivity contribution in [1.82, 2.24) is 9.80 Å². The van der Waals surface area contributed by atoms with Gasteiger partial charge >= 0.3 is 60.1 Å². The standard InChI is InChI=1S/C21H24F18N2O4/c1-10(4-5-40(11(42)43)8-14(22,23)16(26,27)18(30,31)20(34,35)36)6-13(2,3)7-41(12(44)45)9-15(24,25)17(28,29)19(32,33)21(37,38)39/h10H,4-9H2,1-3H3,(H,42,43)(H,44,45). The van der Waals surface area contributed by atoms with E-state index < -0.39 is 120 Å². The lowest BCUT2D eigenvalue weighted by Gasteiger charge is -2.38. The van der Waals surface area contributed by atoms with Crippen LogP contribution in [0.5, 0.6) is 0 Å². The van der Waals surface area contributed by atoms with E-state index in [0.29, 0.717) is 0 Å². The summed E-state index contributed by atoms with van der Waals surface area (Å²) in [5.74, 6) is -42.7. The van der Waals surface area contributed by atoms with E-state index in [1.807, 2.05) is 0 Å². The molecule has 2 amide bonds. The number of alkyl halides is 18. The van der Waals surface area contributed by atoms with Crippen LogP contribution in [0, 0.1) is 11.3 Å². The zero-order valence-corrected chi connectivity index (χ0v) is 22.7. The van der Waals surface area contributed by atoms with Crippen LogP contribution in [-0.4, -0.2) is 106 Å². The van der Waals surface area contributed by atoms with Crippen LogP contribution in [0.4, 0.5) is 88.6 Å². The zero-order chi connectivity index (χ0) is 36.6. The normalized spacial score (nSPS) is 15.6. The lowest BCUT2D eigenvalue weighted by molar-refractivity contribution is -0.396. The Morgan fingerprint density at radius 3 is 1.16 bits per heavy atom. The van der Waals surface area contributed by atoms with E-state index in [-0.39, 0.29) is 0 Å². The van der Waals surface area contributed by atoms with E-state index in [9.17, 15) is 88.6 Å². The minimum absolute atomic E-state index is 0.552. The molecule has 2 N–H and O–H groups in total. The van der Waals surface area contributed by atoms with Gasteiger partial charge in [-0.25, -0.2) is 9.59 Å². The Labute approximate surface area is 240 Å². The highest BCUT2D eigenvalue weighted by molar-refractivity contribution is 5.65. The molecule has 1 unspecified atom stereocenters. The van der Waals surface area contributed by atoms with Crippen LogP contribution in [0.1, 0.15) is 33.6 Å². The van der Waals surface area contributed by atoms with Gasteiger partial charge in [-0.05, 0) is 24.2 Å². The van der Waals surface area contributed by atoms with Crippen molar-refractivity contribution in [2.75, 3.05) is 26.2 Å². The summed E-state index contributed by atoms with van der Waals surface area (Å²) in [6, 6.07) is 0. The number of rotatable bonds is 15. The summed E-state index contributed by atoms with van der Waals surface area (Å²) < 4.78 is 236. The van der Waals surface area contributed by atoms with Crippen molar-refractivity contribution in [2.24, 2.45) is 11.3 Å². The molecular formula is C21H24F18N2O4. The molecule has 6 nitrogen and oxygen atoms in total. The van der Waals surface area contributed by atoms with Gasteiger partial charge in [-0.15, -0.1) is 0 Å². The first-order chi connectivity index (χ1) is 19.4. The molecule has 0 saturated heterocycles. The SMILES string of the molecule is CC(CCN(CC(F)(F)C(F)(F)C(F)(F)C(F)(F)F)C(=O)O)CC(C)(C)CN(CC(F)(F)C(F)(F)C(F)(F)C(F)(F)F)C(=O)O. The largest absolute Gasteiger partial charge is 0.465 e. The molecule has 0 aromatic rings. The second kappa shape index (κ2) is 12.8. The van der Waals surface area contributed by atoms with Gasteiger partial charge in [0.25, 0.3) is 0 Å². The fraction of sp³-hybridized carbons (Fsp3) is 0.905. The van der Waals surface area contributed by atoms with Gasteiger partial charge in [0, 0.05) is 13.1 Å². The molecule has 0 aliphatic heterocycles. The molecule has 268 valence electrons. The third-order valence-corrected chi connectivity index (χ3v) is 6.15. The van der Waals surface area contributed by atoms with Gasteiger partial charge in [0.1, 0.15) is 0 Å². The number of carboxylic acid groups (broad SMARTS) is 2. The molecule has 0 saturated carbocycles. The van der Waals surface area contributed by atoms with E-state index in [0.717, 1.165) is 20.8 Å². The Morgan fingerprint density at radius 1 is 0.556 bits per heavy atom. The maximum atomic E-state index is 14.0. The first kappa shape index (κ1) is 42.3. The average Bonchev–Trinajstić information content (AvgIpc) is 2.78. The second-order valence-electron chi connectivity index (χ2n) is 10.8. The summed E-state index contributed by atoms with van der Waals surface area (Å²) in [5.41, 5.74) is -1.74. The molecule has 1 atom stereocenters. The van der Waals surface area contributed by atoms with E-state index in [1.54, 1.807) is 0 Å². The maximum Gasteiger partial charge on any atom is 0.460 e. The first-order valence-electron chi connectivity index (χ1n) is 11.8. The van der Waals surface area contributed by atoms with E-state index in [4.69, 9.17) is 10.2 Å². The first-order valence-corrected chi connectivity index (χ1v) is 11.8. The number of hydrogen-bond acceptors (Lipinski definition) is 2. The van der Waals surface area contributed by atoms with Gasteiger partial charge in [0.05, 0.1) is 13.1 Å². The van der Waals surface area contributed by atoms with Crippen molar-refractivity contribution in [3.8, 4) is 0 Å². The highest BCUT2D eigenvalue weighted by atomic mass is 19.4.